The summed E-state index contributed by atoms with van der Waals surface area (Å²) in [6.45, 7) is 11.3. The number of benzene rings is 2. The van der Waals surface area contributed by atoms with Gasteiger partial charge in [-0.1, -0.05) is 18.2 Å². The Hall–Kier alpha value is -2.90. The molecule has 0 spiro atoms. The van der Waals surface area contributed by atoms with E-state index in [1.165, 1.54) is 19.1 Å². The molecule has 7 heteroatoms. The lowest BCUT2D eigenvalue weighted by molar-refractivity contribution is -0.121. The lowest BCUT2D eigenvalue weighted by Gasteiger charge is -2.30. The topological polar surface area (TPSA) is 96.9 Å². The Bertz CT molecular complexity index is 932. The van der Waals surface area contributed by atoms with Crippen molar-refractivity contribution in [3.8, 4) is 5.75 Å². The van der Waals surface area contributed by atoms with Gasteiger partial charge in [-0.2, -0.15) is 0 Å². The van der Waals surface area contributed by atoms with Crippen LogP contribution in [0.4, 0.5) is 5.69 Å². The second-order valence-corrected chi connectivity index (χ2v) is 8.58. The number of carbonyl (C=O) groups excluding carboxylic acids is 2. The highest BCUT2D eigenvalue weighted by molar-refractivity contribution is 6.06. The summed E-state index contributed by atoms with van der Waals surface area (Å²) in [5.74, 6) is -2.31. The van der Waals surface area contributed by atoms with Gasteiger partial charge in [-0.05, 0) is 64.4 Å². The van der Waals surface area contributed by atoms with Crippen molar-refractivity contribution in [2.75, 3.05) is 18.5 Å². The van der Waals surface area contributed by atoms with Crippen molar-refractivity contribution in [2.45, 2.75) is 52.9 Å². The molecule has 0 aliphatic heterocycles. The van der Waals surface area contributed by atoms with Crippen molar-refractivity contribution in [3.63, 3.8) is 0 Å². The van der Waals surface area contributed by atoms with E-state index < -0.39 is 11.8 Å². The van der Waals surface area contributed by atoms with Crippen LogP contribution in [0.1, 0.15) is 60.9 Å². The molecule has 2 aromatic carbocycles. The van der Waals surface area contributed by atoms with E-state index in [0.29, 0.717) is 11.3 Å². The minimum atomic E-state index is -1.57. The number of β-amino-alcohol motifs (C(OH)–C–C–N with tert-alkyl or cyclic N) is 1. The molecule has 2 aromatic rings. The summed E-state index contributed by atoms with van der Waals surface area (Å²) in [4.78, 5) is 25.1. The molecule has 2 rings (SSSR count). The number of anilines is 1. The monoisotopic (exact) mass is 428 g/mol. The Labute approximate surface area is 183 Å². The molecule has 7 nitrogen and oxygen atoms in total. The van der Waals surface area contributed by atoms with Crippen molar-refractivity contribution in [3.05, 3.63) is 59.2 Å². The maximum absolute atomic E-state index is 12.6. The zero-order chi connectivity index (χ0) is 23.2. The number of hydrogen-bond acceptors (Lipinski definition) is 6. The number of rotatable bonds is 8. The van der Waals surface area contributed by atoms with Gasteiger partial charge in [-0.3, -0.25) is 4.79 Å². The second kappa shape index (κ2) is 9.94. The molecule has 0 fully saturated rings. The quantitative estimate of drug-likeness (QED) is 0.436. The van der Waals surface area contributed by atoms with Crippen LogP contribution in [-0.2, 0) is 4.74 Å². The Balaban J connectivity index is 2.28. The third-order valence-corrected chi connectivity index (χ3v) is 4.40. The zero-order valence-electron chi connectivity index (χ0n) is 19.0. The Morgan fingerprint density at radius 3 is 2.32 bits per heavy atom. The van der Waals surface area contributed by atoms with Gasteiger partial charge in [0.1, 0.15) is 11.3 Å². The van der Waals surface area contributed by atoms with E-state index in [2.05, 4.69) is 10.6 Å². The van der Waals surface area contributed by atoms with Crippen molar-refractivity contribution < 1.29 is 24.2 Å². The van der Waals surface area contributed by atoms with Gasteiger partial charge in [0.2, 0.25) is 5.79 Å². The van der Waals surface area contributed by atoms with E-state index in [1.54, 1.807) is 25.1 Å². The minimum Gasteiger partial charge on any atom is -0.462 e. The molecule has 1 amide bonds. The van der Waals surface area contributed by atoms with Crippen LogP contribution in [-0.4, -0.2) is 41.5 Å². The molecule has 1 atom stereocenters. The lowest BCUT2D eigenvalue weighted by Crippen LogP contribution is -2.49. The lowest BCUT2D eigenvalue weighted by atomic mass is 10.1. The van der Waals surface area contributed by atoms with Crippen LogP contribution in [0.2, 0.25) is 0 Å². The Morgan fingerprint density at radius 2 is 1.71 bits per heavy atom. The van der Waals surface area contributed by atoms with E-state index in [0.717, 1.165) is 5.56 Å². The van der Waals surface area contributed by atoms with E-state index >= 15 is 0 Å². The molecule has 0 saturated carbocycles. The third-order valence-electron chi connectivity index (χ3n) is 4.40. The van der Waals surface area contributed by atoms with Gasteiger partial charge in [0.25, 0.3) is 5.91 Å². The summed E-state index contributed by atoms with van der Waals surface area (Å²) in [5, 5.41) is 16.6. The van der Waals surface area contributed by atoms with Gasteiger partial charge in [-0.25, -0.2) is 4.79 Å². The van der Waals surface area contributed by atoms with Crippen LogP contribution in [0.25, 0.3) is 0 Å². The number of carbonyl (C=O) groups is 2. The number of hydrogen-bond donors (Lipinski definition) is 3. The molecule has 1 unspecified atom stereocenters. The molecule has 0 bridgehead atoms. The Morgan fingerprint density at radius 1 is 1.03 bits per heavy atom. The summed E-state index contributed by atoms with van der Waals surface area (Å²) in [5.41, 5.74) is 1.68. The second-order valence-electron chi connectivity index (χ2n) is 8.58. The number of aliphatic hydroxyl groups is 1. The van der Waals surface area contributed by atoms with Gasteiger partial charge in [0, 0.05) is 23.7 Å². The number of esters is 1. The van der Waals surface area contributed by atoms with Crippen molar-refractivity contribution in [1.82, 2.24) is 5.32 Å². The van der Waals surface area contributed by atoms with E-state index in [4.69, 9.17) is 9.47 Å². The maximum Gasteiger partial charge on any atom is 0.341 e. The largest absolute Gasteiger partial charge is 0.462 e. The fraction of sp³-hybridized carbons (Fsp3) is 0.417. The van der Waals surface area contributed by atoms with Crippen LogP contribution in [0, 0.1) is 6.92 Å². The highest BCUT2D eigenvalue weighted by Gasteiger charge is 2.28. The summed E-state index contributed by atoms with van der Waals surface area (Å²) in [7, 11) is 0. The molecule has 0 aromatic heterocycles. The van der Waals surface area contributed by atoms with Crippen molar-refractivity contribution in [1.29, 1.82) is 0 Å². The fourth-order valence-electron chi connectivity index (χ4n) is 2.79. The fourth-order valence-corrected chi connectivity index (χ4v) is 2.79. The first-order valence-corrected chi connectivity index (χ1v) is 10.3. The van der Waals surface area contributed by atoms with E-state index in [9.17, 15) is 14.7 Å². The van der Waals surface area contributed by atoms with Crippen molar-refractivity contribution >= 4 is 17.6 Å². The summed E-state index contributed by atoms with van der Waals surface area (Å²) >= 11 is 0. The predicted molar refractivity (Wildman–Crippen MR) is 121 cm³/mol. The van der Waals surface area contributed by atoms with Crippen LogP contribution in [0.5, 0.6) is 5.75 Å². The SMILES string of the molecule is CCOC(=O)c1cc(NC(=O)c2ccccc2C)ccc1OC(C)(O)CNC(C)(C)C. The van der Waals surface area contributed by atoms with Crippen molar-refractivity contribution in [2.24, 2.45) is 0 Å². The van der Waals surface area contributed by atoms with Gasteiger partial charge < -0.3 is 25.2 Å². The maximum atomic E-state index is 12.6. The predicted octanol–water partition coefficient (Wildman–Crippen LogP) is 3.90. The third kappa shape index (κ3) is 7.38. The van der Waals surface area contributed by atoms with E-state index in [-0.39, 0.29) is 35.9 Å². The highest BCUT2D eigenvalue weighted by Crippen LogP contribution is 2.27. The van der Waals surface area contributed by atoms with Crippen LogP contribution in [0.15, 0.2) is 42.5 Å². The van der Waals surface area contributed by atoms with E-state index in [1.807, 2.05) is 39.8 Å². The molecule has 0 aliphatic rings. The first-order valence-electron chi connectivity index (χ1n) is 10.3. The smallest absolute Gasteiger partial charge is 0.341 e. The van der Waals surface area contributed by atoms with Crippen LogP contribution < -0.4 is 15.4 Å². The average molecular weight is 429 g/mol. The van der Waals surface area contributed by atoms with Gasteiger partial charge in [0.15, 0.2) is 0 Å². The molecular weight excluding hydrogens is 396 g/mol. The van der Waals surface area contributed by atoms with Gasteiger partial charge in [-0.15, -0.1) is 0 Å². The average Bonchev–Trinajstić information content (AvgIpc) is 2.67. The van der Waals surface area contributed by atoms with Crippen LogP contribution in [0.3, 0.4) is 0 Å². The molecular formula is C24H32N2O5. The van der Waals surface area contributed by atoms with Crippen LogP contribution >= 0.6 is 0 Å². The number of nitrogens with one attached hydrogen (secondary N) is 2. The first kappa shape index (κ1) is 24.4. The molecule has 0 saturated heterocycles. The van der Waals surface area contributed by atoms with Gasteiger partial charge in [0.05, 0.1) is 13.2 Å². The van der Waals surface area contributed by atoms with Gasteiger partial charge >= 0.3 is 5.97 Å². The number of amides is 1. The molecule has 0 heterocycles. The molecule has 0 aliphatic carbocycles. The summed E-state index contributed by atoms with van der Waals surface area (Å²) < 4.78 is 10.9. The normalized spacial score (nSPS) is 13.3. The molecule has 0 radical (unpaired) electrons. The molecule has 168 valence electrons. The minimum absolute atomic E-state index is 0.112. The number of ether oxygens (including phenoxy) is 2. The number of aryl methyl sites for hydroxylation is 1. The molecule has 3 N–H and O–H groups in total. The summed E-state index contributed by atoms with van der Waals surface area (Å²) in [6, 6.07) is 11.9. The Kier molecular flexibility index (Phi) is 7.81. The standard InChI is InChI=1S/C24H32N2O5/c1-7-30-22(28)19-14-17(26-21(27)18-11-9-8-10-16(18)2)12-13-20(19)31-24(6,29)15-25-23(3,4)5/h8-14,25,29H,7,15H2,1-6H3,(H,26,27). The zero-order valence-corrected chi connectivity index (χ0v) is 19.0. The highest BCUT2D eigenvalue weighted by atomic mass is 16.6. The summed E-state index contributed by atoms with van der Waals surface area (Å²) in [6.07, 6.45) is 0. The molecule has 31 heavy (non-hydrogen) atoms. The first-order chi connectivity index (χ1) is 14.4.